The third-order valence-corrected chi connectivity index (χ3v) is 4.13. The Hall–Kier alpha value is -1.97. The van der Waals surface area contributed by atoms with Crippen molar-refractivity contribution >= 4 is 11.4 Å². The molecule has 1 aromatic carbocycles. The first-order valence-corrected chi connectivity index (χ1v) is 7.86. The van der Waals surface area contributed by atoms with E-state index in [9.17, 15) is 0 Å². The predicted octanol–water partition coefficient (Wildman–Crippen LogP) is 3.19. The second kappa shape index (κ2) is 6.20. The SMILES string of the molecule is CCc1nn(C)cc1NCc1ccc(N2CCCC2)cc1. The monoisotopic (exact) mass is 284 g/mol. The normalized spacial score (nSPS) is 14.7. The molecule has 0 bridgehead atoms. The number of benzene rings is 1. The van der Waals surface area contributed by atoms with Crippen LogP contribution in [0.1, 0.15) is 31.0 Å². The summed E-state index contributed by atoms with van der Waals surface area (Å²) in [6.45, 7) is 5.39. The number of aryl methyl sites for hydroxylation is 2. The molecule has 1 fully saturated rings. The highest BCUT2D eigenvalue weighted by molar-refractivity contribution is 5.50. The number of hydrogen-bond acceptors (Lipinski definition) is 3. The predicted molar refractivity (Wildman–Crippen MR) is 87.8 cm³/mol. The topological polar surface area (TPSA) is 33.1 Å². The average Bonchev–Trinajstić information content (AvgIpc) is 3.15. The first-order chi connectivity index (χ1) is 10.3. The van der Waals surface area contributed by atoms with E-state index in [-0.39, 0.29) is 0 Å². The van der Waals surface area contributed by atoms with Crippen molar-refractivity contribution in [1.82, 2.24) is 9.78 Å². The summed E-state index contributed by atoms with van der Waals surface area (Å²) in [4.78, 5) is 2.47. The molecule has 21 heavy (non-hydrogen) atoms. The molecule has 0 spiro atoms. The summed E-state index contributed by atoms with van der Waals surface area (Å²) in [5, 5.41) is 7.95. The zero-order valence-electron chi connectivity index (χ0n) is 13.0. The van der Waals surface area contributed by atoms with Crippen molar-refractivity contribution in [2.45, 2.75) is 32.7 Å². The smallest absolute Gasteiger partial charge is 0.0853 e. The molecule has 0 aliphatic carbocycles. The van der Waals surface area contributed by atoms with E-state index >= 15 is 0 Å². The van der Waals surface area contributed by atoms with Crippen LogP contribution in [0.4, 0.5) is 11.4 Å². The Morgan fingerprint density at radius 2 is 1.86 bits per heavy atom. The highest BCUT2D eigenvalue weighted by atomic mass is 15.3. The van der Waals surface area contributed by atoms with Crippen molar-refractivity contribution in [2.75, 3.05) is 23.3 Å². The van der Waals surface area contributed by atoms with Gasteiger partial charge in [-0.1, -0.05) is 19.1 Å². The third kappa shape index (κ3) is 3.20. The number of aromatic nitrogens is 2. The fraction of sp³-hybridized carbons (Fsp3) is 0.471. The maximum Gasteiger partial charge on any atom is 0.0853 e. The van der Waals surface area contributed by atoms with Gasteiger partial charge in [-0.25, -0.2) is 0 Å². The molecule has 0 amide bonds. The molecule has 0 saturated carbocycles. The highest BCUT2D eigenvalue weighted by Crippen LogP contribution is 2.21. The van der Waals surface area contributed by atoms with E-state index in [1.54, 1.807) is 0 Å². The summed E-state index contributed by atoms with van der Waals surface area (Å²) in [5.74, 6) is 0. The van der Waals surface area contributed by atoms with Crippen LogP contribution in [0.3, 0.4) is 0 Å². The first kappa shape index (κ1) is 14.0. The van der Waals surface area contributed by atoms with Gasteiger partial charge in [0.25, 0.3) is 0 Å². The van der Waals surface area contributed by atoms with Gasteiger partial charge in [0, 0.05) is 38.6 Å². The summed E-state index contributed by atoms with van der Waals surface area (Å²) >= 11 is 0. The summed E-state index contributed by atoms with van der Waals surface area (Å²) in [7, 11) is 1.97. The van der Waals surface area contributed by atoms with E-state index in [1.165, 1.54) is 37.2 Å². The van der Waals surface area contributed by atoms with E-state index in [0.717, 1.165) is 24.3 Å². The van der Waals surface area contributed by atoms with Gasteiger partial charge in [0.15, 0.2) is 0 Å². The second-order valence-electron chi connectivity index (χ2n) is 5.73. The molecule has 3 rings (SSSR count). The summed E-state index contributed by atoms with van der Waals surface area (Å²) in [5.41, 5.74) is 4.94. The van der Waals surface area contributed by atoms with E-state index in [0.29, 0.717) is 0 Å². The molecule has 0 atom stereocenters. The lowest BCUT2D eigenvalue weighted by Crippen LogP contribution is -2.17. The zero-order valence-corrected chi connectivity index (χ0v) is 13.0. The molecule has 1 aliphatic heterocycles. The molecule has 2 heterocycles. The largest absolute Gasteiger partial charge is 0.378 e. The average molecular weight is 284 g/mol. The van der Waals surface area contributed by atoms with Crippen LogP contribution in [0.25, 0.3) is 0 Å². The van der Waals surface area contributed by atoms with Gasteiger partial charge in [-0.3, -0.25) is 4.68 Å². The number of nitrogens with zero attached hydrogens (tertiary/aromatic N) is 3. The molecule has 112 valence electrons. The van der Waals surface area contributed by atoms with Gasteiger partial charge in [-0.2, -0.15) is 5.10 Å². The molecule has 4 nitrogen and oxygen atoms in total. The van der Waals surface area contributed by atoms with E-state index < -0.39 is 0 Å². The third-order valence-electron chi connectivity index (χ3n) is 4.13. The van der Waals surface area contributed by atoms with Crippen LogP contribution >= 0.6 is 0 Å². The number of nitrogens with one attached hydrogen (secondary N) is 1. The Bertz CT molecular complexity index is 579. The van der Waals surface area contributed by atoms with Gasteiger partial charge < -0.3 is 10.2 Å². The lowest BCUT2D eigenvalue weighted by Gasteiger charge is -2.17. The molecule has 1 N–H and O–H groups in total. The minimum atomic E-state index is 0.846. The maximum atomic E-state index is 4.46. The summed E-state index contributed by atoms with van der Waals surface area (Å²) in [6, 6.07) is 8.93. The van der Waals surface area contributed by atoms with Gasteiger partial charge in [0.05, 0.1) is 11.4 Å². The highest BCUT2D eigenvalue weighted by Gasteiger charge is 2.11. The Morgan fingerprint density at radius 1 is 1.14 bits per heavy atom. The van der Waals surface area contributed by atoms with Crippen molar-refractivity contribution < 1.29 is 0 Å². The van der Waals surface area contributed by atoms with E-state index in [1.807, 2.05) is 11.7 Å². The fourth-order valence-electron chi connectivity index (χ4n) is 2.94. The molecule has 0 radical (unpaired) electrons. The lowest BCUT2D eigenvalue weighted by atomic mass is 10.2. The summed E-state index contributed by atoms with van der Waals surface area (Å²) < 4.78 is 1.87. The molecule has 1 aliphatic rings. The van der Waals surface area contributed by atoms with Gasteiger partial charge in [-0.05, 0) is 37.0 Å². The Labute approximate surface area is 126 Å². The van der Waals surface area contributed by atoms with Crippen molar-refractivity contribution in [2.24, 2.45) is 7.05 Å². The summed E-state index contributed by atoms with van der Waals surface area (Å²) in [6.07, 6.45) is 5.66. The Balaban J connectivity index is 1.62. The van der Waals surface area contributed by atoms with Crippen LogP contribution in [0.15, 0.2) is 30.5 Å². The van der Waals surface area contributed by atoms with E-state index in [2.05, 4.69) is 52.7 Å². The molecule has 4 heteroatoms. The lowest BCUT2D eigenvalue weighted by molar-refractivity contribution is 0.746. The Morgan fingerprint density at radius 3 is 2.52 bits per heavy atom. The van der Waals surface area contributed by atoms with Crippen molar-refractivity contribution in [3.63, 3.8) is 0 Å². The van der Waals surface area contributed by atoms with Gasteiger partial charge >= 0.3 is 0 Å². The maximum absolute atomic E-state index is 4.46. The van der Waals surface area contributed by atoms with Crippen LogP contribution in [0.2, 0.25) is 0 Å². The van der Waals surface area contributed by atoms with E-state index in [4.69, 9.17) is 0 Å². The number of hydrogen-bond donors (Lipinski definition) is 1. The minimum absolute atomic E-state index is 0.846. The molecule has 1 saturated heterocycles. The molecular formula is C17H24N4. The molecule has 2 aromatic rings. The molecular weight excluding hydrogens is 260 g/mol. The zero-order chi connectivity index (χ0) is 14.7. The standard InChI is InChI=1S/C17H24N4/c1-3-16-17(13-20(2)19-16)18-12-14-6-8-15(9-7-14)21-10-4-5-11-21/h6-9,13,18H,3-5,10-12H2,1-2H3. The minimum Gasteiger partial charge on any atom is -0.378 e. The van der Waals surface area contributed by atoms with Crippen LogP contribution in [0.5, 0.6) is 0 Å². The quantitative estimate of drug-likeness (QED) is 0.915. The van der Waals surface area contributed by atoms with Crippen LogP contribution in [0, 0.1) is 0 Å². The van der Waals surface area contributed by atoms with Crippen molar-refractivity contribution in [1.29, 1.82) is 0 Å². The van der Waals surface area contributed by atoms with Crippen molar-refractivity contribution in [3.05, 3.63) is 41.7 Å². The van der Waals surface area contributed by atoms with Crippen LogP contribution < -0.4 is 10.2 Å². The number of anilines is 2. The van der Waals surface area contributed by atoms with Crippen LogP contribution in [-0.2, 0) is 20.0 Å². The fourth-order valence-corrected chi connectivity index (χ4v) is 2.94. The van der Waals surface area contributed by atoms with Gasteiger partial charge in [-0.15, -0.1) is 0 Å². The first-order valence-electron chi connectivity index (χ1n) is 7.86. The molecule has 1 aromatic heterocycles. The van der Waals surface area contributed by atoms with Crippen LogP contribution in [-0.4, -0.2) is 22.9 Å². The number of rotatable bonds is 5. The second-order valence-corrected chi connectivity index (χ2v) is 5.73. The van der Waals surface area contributed by atoms with Gasteiger partial charge in [0.2, 0.25) is 0 Å². The van der Waals surface area contributed by atoms with Crippen molar-refractivity contribution in [3.8, 4) is 0 Å². The Kier molecular flexibility index (Phi) is 4.13. The van der Waals surface area contributed by atoms with Gasteiger partial charge in [0.1, 0.15) is 0 Å². The molecule has 0 unspecified atom stereocenters.